The first-order valence-electron chi connectivity index (χ1n) is 5.41. The van der Waals surface area contributed by atoms with E-state index in [1.54, 1.807) is 6.33 Å². The van der Waals surface area contributed by atoms with Gasteiger partial charge in [-0.25, -0.2) is 15.0 Å². The van der Waals surface area contributed by atoms with E-state index in [0.29, 0.717) is 11.3 Å². The summed E-state index contributed by atoms with van der Waals surface area (Å²) in [7, 11) is 0. The quantitative estimate of drug-likeness (QED) is 0.777. The molecule has 84 valence electrons. The second-order valence-electron chi connectivity index (χ2n) is 3.90. The number of nitrogens with two attached hydrogens (primary N) is 1. The molecule has 2 aromatic heterocycles. The van der Waals surface area contributed by atoms with Gasteiger partial charge in [-0.15, -0.1) is 0 Å². The zero-order valence-corrected chi connectivity index (χ0v) is 8.83. The zero-order valence-electron chi connectivity index (χ0n) is 8.83. The summed E-state index contributed by atoms with van der Waals surface area (Å²) in [5, 5.41) is 0. The summed E-state index contributed by atoms with van der Waals surface area (Å²) < 4.78 is 7.63. The van der Waals surface area contributed by atoms with Crippen LogP contribution in [0.25, 0.3) is 11.2 Å². The van der Waals surface area contributed by atoms with Gasteiger partial charge >= 0.3 is 0 Å². The van der Waals surface area contributed by atoms with Crippen molar-refractivity contribution in [1.29, 1.82) is 0 Å². The van der Waals surface area contributed by atoms with Gasteiger partial charge in [0, 0.05) is 6.61 Å². The summed E-state index contributed by atoms with van der Waals surface area (Å²) in [5.74, 6) is 0.416. The number of aromatic nitrogens is 4. The molecule has 3 heterocycles. The highest BCUT2D eigenvalue weighted by Gasteiger charge is 2.19. The maximum Gasteiger partial charge on any atom is 0.167 e. The molecule has 1 aliphatic rings. The molecule has 6 heteroatoms. The van der Waals surface area contributed by atoms with E-state index in [-0.39, 0.29) is 6.23 Å². The molecule has 1 saturated heterocycles. The second-order valence-corrected chi connectivity index (χ2v) is 3.90. The summed E-state index contributed by atoms with van der Waals surface area (Å²) >= 11 is 0. The summed E-state index contributed by atoms with van der Waals surface area (Å²) in [5.41, 5.74) is 7.13. The Kier molecular flexibility index (Phi) is 2.21. The van der Waals surface area contributed by atoms with Crippen molar-refractivity contribution in [3.8, 4) is 0 Å². The van der Waals surface area contributed by atoms with E-state index in [4.69, 9.17) is 10.5 Å². The molecular weight excluding hydrogens is 206 g/mol. The van der Waals surface area contributed by atoms with Crippen LogP contribution in [0.5, 0.6) is 0 Å². The lowest BCUT2D eigenvalue weighted by Gasteiger charge is -2.23. The molecule has 0 aliphatic carbocycles. The van der Waals surface area contributed by atoms with Crippen LogP contribution < -0.4 is 5.73 Å². The lowest BCUT2D eigenvalue weighted by atomic mass is 10.2. The minimum absolute atomic E-state index is 0.0352. The van der Waals surface area contributed by atoms with E-state index in [0.717, 1.165) is 25.1 Å². The van der Waals surface area contributed by atoms with E-state index in [1.807, 2.05) is 4.57 Å². The van der Waals surface area contributed by atoms with Crippen LogP contribution in [0.15, 0.2) is 12.7 Å². The van der Waals surface area contributed by atoms with Crippen LogP contribution >= 0.6 is 0 Å². The first-order valence-corrected chi connectivity index (χ1v) is 5.41. The Balaban J connectivity index is 2.06. The minimum atomic E-state index is 0.0352. The predicted molar refractivity (Wildman–Crippen MR) is 58.6 cm³/mol. The average molecular weight is 219 g/mol. The molecule has 1 aliphatic heterocycles. The Morgan fingerprint density at radius 2 is 2.25 bits per heavy atom. The van der Waals surface area contributed by atoms with Crippen LogP contribution in [0.3, 0.4) is 0 Å². The van der Waals surface area contributed by atoms with Gasteiger partial charge in [0.1, 0.15) is 18.1 Å². The van der Waals surface area contributed by atoms with Crippen molar-refractivity contribution in [2.75, 3.05) is 12.3 Å². The van der Waals surface area contributed by atoms with Crippen LogP contribution in [0.1, 0.15) is 25.5 Å². The molecule has 16 heavy (non-hydrogen) atoms. The molecule has 0 unspecified atom stereocenters. The number of imidazole rings is 1. The third-order valence-corrected chi connectivity index (χ3v) is 2.85. The molecule has 0 spiro atoms. The smallest absolute Gasteiger partial charge is 0.167 e. The fraction of sp³-hybridized carbons (Fsp3) is 0.500. The van der Waals surface area contributed by atoms with Gasteiger partial charge in [-0.1, -0.05) is 0 Å². The second kappa shape index (κ2) is 3.71. The molecule has 6 nitrogen and oxygen atoms in total. The van der Waals surface area contributed by atoms with Crippen LogP contribution in [-0.2, 0) is 4.74 Å². The molecule has 2 aromatic rings. The molecule has 0 saturated carbocycles. The van der Waals surface area contributed by atoms with Crippen LogP contribution in [0.2, 0.25) is 0 Å². The molecule has 0 bridgehead atoms. The van der Waals surface area contributed by atoms with Crippen molar-refractivity contribution in [1.82, 2.24) is 19.5 Å². The lowest BCUT2D eigenvalue weighted by Crippen LogP contribution is -2.17. The molecular formula is C10H13N5O. The van der Waals surface area contributed by atoms with Crippen LogP contribution in [0, 0.1) is 0 Å². The van der Waals surface area contributed by atoms with Crippen molar-refractivity contribution in [2.45, 2.75) is 25.5 Å². The highest BCUT2D eigenvalue weighted by Crippen LogP contribution is 2.26. The average Bonchev–Trinajstić information content (AvgIpc) is 2.75. The molecule has 0 aromatic carbocycles. The number of anilines is 1. The Morgan fingerprint density at radius 3 is 3.06 bits per heavy atom. The van der Waals surface area contributed by atoms with E-state index in [2.05, 4.69) is 15.0 Å². The van der Waals surface area contributed by atoms with Crippen molar-refractivity contribution in [3.63, 3.8) is 0 Å². The van der Waals surface area contributed by atoms with E-state index in [9.17, 15) is 0 Å². The van der Waals surface area contributed by atoms with Crippen molar-refractivity contribution in [2.24, 2.45) is 0 Å². The van der Waals surface area contributed by atoms with Crippen LogP contribution in [-0.4, -0.2) is 26.1 Å². The number of hydrogen-bond donors (Lipinski definition) is 1. The van der Waals surface area contributed by atoms with E-state index >= 15 is 0 Å². The molecule has 0 radical (unpaired) electrons. The number of hydrogen-bond acceptors (Lipinski definition) is 5. The Morgan fingerprint density at radius 1 is 1.31 bits per heavy atom. The molecule has 1 atom stereocenters. The van der Waals surface area contributed by atoms with Gasteiger partial charge in [-0.05, 0) is 19.3 Å². The third-order valence-electron chi connectivity index (χ3n) is 2.85. The molecule has 1 fully saturated rings. The molecule has 3 rings (SSSR count). The summed E-state index contributed by atoms with van der Waals surface area (Å²) in [6, 6.07) is 0. The largest absolute Gasteiger partial charge is 0.382 e. The van der Waals surface area contributed by atoms with Crippen molar-refractivity contribution >= 4 is 17.0 Å². The van der Waals surface area contributed by atoms with Gasteiger partial charge in [-0.2, -0.15) is 0 Å². The maximum absolute atomic E-state index is 5.73. The molecule has 2 N–H and O–H groups in total. The van der Waals surface area contributed by atoms with Gasteiger partial charge < -0.3 is 10.5 Å². The molecule has 0 amide bonds. The van der Waals surface area contributed by atoms with E-state index < -0.39 is 0 Å². The van der Waals surface area contributed by atoms with Gasteiger partial charge in [0.15, 0.2) is 11.5 Å². The highest BCUT2D eigenvalue weighted by atomic mass is 16.5. The first kappa shape index (κ1) is 9.53. The maximum atomic E-state index is 5.73. The fourth-order valence-corrected chi connectivity index (χ4v) is 2.02. The van der Waals surface area contributed by atoms with Gasteiger partial charge in [0.25, 0.3) is 0 Å². The number of fused-ring (bicyclic) bond motifs is 1. The number of nitrogen functional groups attached to an aromatic ring is 1. The van der Waals surface area contributed by atoms with Gasteiger partial charge in [-0.3, -0.25) is 4.57 Å². The van der Waals surface area contributed by atoms with E-state index in [1.165, 1.54) is 12.7 Å². The zero-order chi connectivity index (χ0) is 11.0. The Hall–Kier alpha value is -1.69. The lowest BCUT2D eigenvalue weighted by molar-refractivity contribution is -0.0298. The summed E-state index contributed by atoms with van der Waals surface area (Å²) in [6.45, 7) is 0.797. The topological polar surface area (TPSA) is 78.9 Å². The Labute approximate surface area is 92.5 Å². The minimum Gasteiger partial charge on any atom is -0.382 e. The Bertz CT molecular complexity index is 503. The number of rotatable bonds is 1. The highest BCUT2D eigenvalue weighted by molar-refractivity contribution is 5.81. The number of nitrogens with zero attached hydrogens (tertiary/aromatic N) is 4. The summed E-state index contributed by atoms with van der Waals surface area (Å²) in [4.78, 5) is 12.3. The van der Waals surface area contributed by atoms with Crippen LogP contribution in [0.4, 0.5) is 5.82 Å². The third kappa shape index (κ3) is 1.42. The SMILES string of the molecule is Nc1ncnc2c1ncn2[C@H]1CCCCO1. The monoisotopic (exact) mass is 219 g/mol. The van der Waals surface area contributed by atoms with Crippen molar-refractivity contribution in [3.05, 3.63) is 12.7 Å². The fourth-order valence-electron chi connectivity index (χ4n) is 2.02. The summed E-state index contributed by atoms with van der Waals surface area (Å²) in [6.07, 6.45) is 6.51. The predicted octanol–water partition coefficient (Wildman–Crippen LogP) is 1.11. The standard InChI is InChI=1S/C10H13N5O/c11-9-8-10(13-5-12-9)15(6-14-8)7-3-1-2-4-16-7/h5-7H,1-4H2,(H2,11,12,13)/t7-/m1/s1. The normalized spacial score (nSPS) is 21.4. The first-order chi connectivity index (χ1) is 7.86. The van der Waals surface area contributed by atoms with Crippen molar-refractivity contribution < 1.29 is 4.74 Å². The van der Waals surface area contributed by atoms with Gasteiger partial charge in [0.2, 0.25) is 0 Å². The number of ether oxygens (including phenoxy) is 1. The van der Waals surface area contributed by atoms with Gasteiger partial charge in [0.05, 0.1) is 6.33 Å².